The lowest BCUT2D eigenvalue weighted by molar-refractivity contribution is -0.113. The number of carboxylic acid groups (broad SMARTS) is 1. The number of nitrogens with one attached hydrogen (secondary N) is 2. The number of anilines is 1. The Morgan fingerprint density at radius 1 is 1.33 bits per heavy atom. The first-order valence-corrected chi connectivity index (χ1v) is 7.79. The van der Waals surface area contributed by atoms with E-state index >= 15 is 0 Å². The van der Waals surface area contributed by atoms with Gasteiger partial charge in [-0.25, -0.2) is 4.79 Å². The minimum Gasteiger partial charge on any atom is -0.508 e. The number of hydrogen-bond acceptors (Lipinski definition) is 5. The highest BCUT2D eigenvalue weighted by atomic mass is 32.2. The topological polar surface area (TPSA) is 98.7 Å². The smallest absolute Gasteiger partial charge is 0.337 e. The molecule has 7 heteroatoms. The Hall–Kier alpha value is -1.73. The number of aromatic carboxylic acids is 1. The van der Waals surface area contributed by atoms with E-state index in [1.807, 2.05) is 0 Å². The molecule has 6 nitrogen and oxygen atoms in total. The maximum absolute atomic E-state index is 11.9. The number of aromatic hydroxyl groups is 1. The third-order valence-corrected chi connectivity index (χ3v) is 4.62. The van der Waals surface area contributed by atoms with Crippen molar-refractivity contribution in [2.45, 2.75) is 18.1 Å². The second kappa shape index (κ2) is 7.33. The number of benzene rings is 1. The van der Waals surface area contributed by atoms with Crippen molar-refractivity contribution >= 4 is 29.3 Å². The van der Waals surface area contributed by atoms with Gasteiger partial charge < -0.3 is 20.8 Å². The van der Waals surface area contributed by atoms with Crippen LogP contribution >= 0.6 is 11.8 Å². The van der Waals surface area contributed by atoms with Crippen LogP contribution in [0.3, 0.4) is 0 Å². The summed E-state index contributed by atoms with van der Waals surface area (Å²) in [7, 11) is 0. The molecule has 4 N–H and O–H groups in total. The molecule has 2 rings (SSSR count). The zero-order valence-corrected chi connectivity index (χ0v) is 12.3. The third-order valence-electron chi connectivity index (χ3n) is 3.24. The number of carbonyl (C=O) groups is 2. The van der Waals surface area contributed by atoms with Gasteiger partial charge in [-0.15, -0.1) is 11.8 Å². The summed E-state index contributed by atoms with van der Waals surface area (Å²) in [5, 5.41) is 24.7. The molecule has 0 saturated carbocycles. The quantitative estimate of drug-likeness (QED) is 0.615. The molecule has 21 heavy (non-hydrogen) atoms. The molecule has 1 saturated heterocycles. The molecule has 0 aliphatic carbocycles. The molecule has 1 aromatic rings. The Bertz CT molecular complexity index is 530. The number of carboxylic acids is 1. The Kier molecular flexibility index (Phi) is 5.46. The van der Waals surface area contributed by atoms with Crippen molar-refractivity contribution in [2.24, 2.45) is 0 Å². The molecular weight excluding hydrogens is 292 g/mol. The lowest BCUT2D eigenvalue weighted by Gasteiger charge is -2.21. The molecule has 114 valence electrons. The first-order chi connectivity index (χ1) is 10.1. The van der Waals surface area contributed by atoms with E-state index in [0.29, 0.717) is 11.0 Å². The van der Waals surface area contributed by atoms with Crippen LogP contribution in [-0.4, -0.2) is 46.2 Å². The minimum atomic E-state index is -1.19. The van der Waals surface area contributed by atoms with E-state index in [9.17, 15) is 14.7 Å². The highest BCUT2D eigenvalue weighted by molar-refractivity contribution is 8.00. The van der Waals surface area contributed by atoms with Gasteiger partial charge in [0.15, 0.2) is 0 Å². The summed E-state index contributed by atoms with van der Waals surface area (Å²) >= 11 is 1.59. The Balaban J connectivity index is 1.91. The molecule has 0 spiro atoms. The van der Waals surface area contributed by atoms with Crippen molar-refractivity contribution < 1.29 is 19.8 Å². The van der Waals surface area contributed by atoms with Gasteiger partial charge in [0, 0.05) is 5.25 Å². The average molecular weight is 310 g/mol. The summed E-state index contributed by atoms with van der Waals surface area (Å²) in [5.74, 6) is -1.27. The molecular formula is C14H18N2O4S. The highest BCUT2D eigenvalue weighted by Crippen LogP contribution is 2.23. The van der Waals surface area contributed by atoms with Gasteiger partial charge >= 0.3 is 5.97 Å². The van der Waals surface area contributed by atoms with Crippen LogP contribution in [-0.2, 0) is 4.79 Å². The van der Waals surface area contributed by atoms with Gasteiger partial charge in [-0.05, 0) is 44.1 Å². The van der Waals surface area contributed by atoms with Crippen LogP contribution in [0.1, 0.15) is 23.2 Å². The van der Waals surface area contributed by atoms with E-state index in [2.05, 4.69) is 10.6 Å². The molecule has 1 aliphatic heterocycles. The summed E-state index contributed by atoms with van der Waals surface area (Å²) in [5.41, 5.74) is 0.0893. The summed E-state index contributed by atoms with van der Waals surface area (Å²) in [6, 6.07) is 3.87. The largest absolute Gasteiger partial charge is 0.508 e. The first kappa shape index (κ1) is 15.7. The maximum atomic E-state index is 11.9. The molecule has 1 heterocycles. The molecule has 1 amide bonds. The van der Waals surface area contributed by atoms with E-state index in [-0.39, 0.29) is 22.9 Å². The lowest BCUT2D eigenvalue weighted by Crippen LogP contribution is -2.30. The number of carbonyl (C=O) groups excluding carboxylic acids is 1. The number of thioether (sulfide) groups is 1. The van der Waals surface area contributed by atoms with E-state index < -0.39 is 5.97 Å². The van der Waals surface area contributed by atoms with Crippen molar-refractivity contribution in [3.8, 4) is 5.75 Å². The van der Waals surface area contributed by atoms with E-state index in [1.165, 1.54) is 12.1 Å². The van der Waals surface area contributed by atoms with Crippen molar-refractivity contribution in [3.05, 3.63) is 23.8 Å². The molecule has 1 aromatic carbocycles. The van der Waals surface area contributed by atoms with Crippen molar-refractivity contribution in [1.29, 1.82) is 0 Å². The van der Waals surface area contributed by atoms with E-state index in [1.54, 1.807) is 11.8 Å². The number of rotatable bonds is 5. The monoisotopic (exact) mass is 310 g/mol. The van der Waals surface area contributed by atoms with Crippen molar-refractivity contribution in [1.82, 2.24) is 5.32 Å². The van der Waals surface area contributed by atoms with E-state index in [4.69, 9.17) is 5.11 Å². The molecule has 0 unspecified atom stereocenters. The number of piperidine rings is 1. The van der Waals surface area contributed by atoms with Crippen LogP contribution in [0.4, 0.5) is 5.69 Å². The van der Waals surface area contributed by atoms with Gasteiger partial charge in [-0.2, -0.15) is 0 Å². The van der Waals surface area contributed by atoms with Gasteiger partial charge in [-0.1, -0.05) is 0 Å². The fourth-order valence-electron chi connectivity index (χ4n) is 2.16. The predicted octanol–water partition coefficient (Wildman–Crippen LogP) is 1.51. The Morgan fingerprint density at radius 2 is 2.05 bits per heavy atom. The third kappa shape index (κ3) is 4.64. The summed E-state index contributed by atoms with van der Waals surface area (Å²) < 4.78 is 0. The lowest BCUT2D eigenvalue weighted by atomic mass is 10.1. The van der Waals surface area contributed by atoms with Crippen LogP contribution in [0.25, 0.3) is 0 Å². The van der Waals surface area contributed by atoms with Crippen LogP contribution in [0.5, 0.6) is 5.75 Å². The van der Waals surface area contributed by atoms with Crippen molar-refractivity contribution in [3.63, 3.8) is 0 Å². The molecule has 0 aromatic heterocycles. The predicted molar refractivity (Wildman–Crippen MR) is 82.0 cm³/mol. The van der Waals surface area contributed by atoms with Gasteiger partial charge in [0.1, 0.15) is 5.75 Å². The fourth-order valence-corrected chi connectivity index (χ4v) is 3.19. The highest BCUT2D eigenvalue weighted by Gasteiger charge is 2.17. The van der Waals surface area contributed by atoms with Gasteiger partial charge in [0.2, 0.25) is 5.91 Å². The van der Waals surface area contributed by atoms with Crippen molar-refractivity contribution in [2.75, 3.05) is 24.2 Å². The first-order valence-electron chi connectivity index (χ1n) is 6.75. The van der Waals surface area contributed by atoms with E-state index in [0.717, 1.165) is 32.0 Å². The van der Waals surface area contributed by atoms with Crippen LogP contribution in [0.15, 0.2) is 18.2 Å². The SMILES string of the molecule is O=C(CSC1CCNCC1)Nc1ccc(O)cc1C(=O)O. The average Bonchev–Trinajstić information content (AvgIpc) is 2.48. The molecule has 0 radical (unpaired) electrons. The summed E-state index contributed by atoms with van der Waals surface area (Å²) in [6.07, 6.45) is 2.08. The molecule has 1 fully saturated rings. The van der Waals surface area contributed by atoms with Crippen LogP contribution in [0.2, 0.25) is 0 Å². The Morgan fingerprint density at radius 3 is 2.71 bits per heavy atom. The molecule has 1 aliphatic rings. The van der Waals surface area contributed by atoms with Crippen LogP contribution in [0, 0.1) is 0 Å². The number of hydrogen-bond donors (Lipinski definition) is 4. The fraction of sp³-hybridized carbons (Fsp3) is 0.429. The number of phenolic OH excluding ortho intramolecular Hbond substituents is 1. The normalized spacial score (nSPS) is 15.6. The second-order valence-corrected chi connectivity index (χ2v) is 6.13. The van der Waals surface area contributed by atoms with Crippen LogP contribution < -0.4 is 10.6 Å². The zero-order chi connectivity index (χ0) is 15.2. The van der Waals surface area contributed by atoms with Gasteiger partial charge in [-0.3, -0.25) is 4.79 Å². The zero-order valence-electron chi connectivity index (χ0n) is 11.5. The second-order valence-electron chi connectivity index (χ2n) is 4.84. The summed E-state index contributed by atoms with van der Waals surface area (Å²) in [4.78, 5) is 23.0. The molecule has 0 atom stereocenters. The number of phenols is 1. The minimum absolute atomic E-state index is 0.116. The maximum Gasteiger partial charge on any atom is 0.337 e. The summed E-state index contributed by atoms with van der Waals surface area (Å²) in [6.45, 7) is 1.95. The van der Waals surface area contributed by atoms with Gasteiger partial charge in [0.05, 0.1) is 17.0 Å². The number of amides is 1. The standard InChI is InChI=1S/C14H18N2O4S/c17-9-1-2-12(11(7-9)14(19)20)16-13(18)8-21-10-3-5-15-6-4-10/h1-2,7,10,15,17H,3-6,8H2,(H,16,18)(H,19,20). The van der Waals surface area contributed by atoms with Gasteiger partial charge in [0.25, 0.3) is 0 Å². The Labute approximate surface area is 126 Å². The molecule has 0 bridgehead atoms.